The van der Waals surface area contributed by atoms with Crippen LogP contribution in [0.4, 0.5) is 5.69 Å². The Kier molecular flexibility index (Phi) is 6.43. The second kappa shape index (κ2) is 9.25. The van der Waals surface area contributed by atoms with Gasteiger partial charge in [-0.05, 0) is 67.8 Å². The number of anilines is 1. The van der Waals surface area contributed by atoms with E-state index in [-0.39, 0.29) is 11.6 Å². The summed E-state index contributed by atoms with van der Waals surface area (Å²) in [5, 5.41) is 4.42. The Hall–Kier alpha value is -2.98. The molecule has 0 saturated carbocycles. The first kappa shape index (κ1) is 22.2. The van der Waals surface area contributed by atoms with Crippen LogP contribution < -0.4 is 14.8 Å². The molecule has 1 aliphatic heterocycles. The second-order valence-electron chi connectivity index (χ2n) is 8.73. The average molecular weight is 449 g/mol. The second-order valence-corrected chi connectivity index (χ2v) is 9.17. The maximum absolute atomic E-state index is 6.16. The summed E-state index contributed by atoms with van der Waals surface area (Å²) in [5.74, 6) is 1.47. The molecule has 1 N–H and O–H groups in total. The first-order valence-corrected chi connectivity index (χ1v) is 11.2. The lowest BCUT2D eigenvalue weighted by molar-refractivity contribution is 0.353. The molecule has 0 aromatic heterocycles. The van der Waals surface area contributed by atoms with Gasteiger partial charge >= 0.3 is 0 Å². The van der Waals surface area contributed by atoms with Crippen LogP contribution in [0.5, 0.6) is 11.5 Å². The van der Waals surface area contributed by atoms with Crippen molar-refractivity contribution in [3.8, 4) is 11.5 Å². The Morgan fingerprint density at radius 2 is 1.62 bits per heavy atom. The first-order chi connectivity index (χ1) is 15.4. The number of nitrogens with one attached hydrogen (secondary N) is 1. The van der Waals surface area contributed by atoms with Gasteiger partial charge in [-0.2, -0.15) is 0 Å². The van der Waals surface area contributed by atoms with E-state index in [4.69, 9.17) is 26.1 Å². The lowest BCUT2D eigenvalue weighted by Gasteiger charge is -2.32. The zero-order valence-electron chi connectivity index (χ0n) is 19.0. The number of ether oxygens (including phenoxy) is 2. The molecule has 1 unspecified atom stereocenters. The lowest BCUT2D eigenvalue weighted by atomic mass is 9.84. The van der Waals surface area contributed by atoms with Crippen LogP contribution in [0.15, 0.2) is 71.7 Å². The first-order valence-electron chi connectivity index (χ1n) is 10.8. The van der Waals surface area contributed by atoms with Gasteiger partial charge in [0.25, 0.3) is 0 Å². The Bertz CT molecular complexity index is 1110. The molecule has 1 heterocycles. The summed E-state index contributed by atoms with van der Waals surface area (Å²) in [4.78, 5) is 5.17. The van der Waals surface area contributed by atoms with Gasteiger partial charge in [-0.3, -0.25) is 4.99 Å². The highest BCUT2D eigenvalue weighted by molar-refractivity contribution is 6.30. The monoisotopic (exact) mass is 448 g/mol. The summed E-state index contributed by atoms with van der Waals surface area (Å²) in [6, 6.07) is 22.5. The van der Waals surface area contributed by atoms with E-state index in [0.29, 0.717) is 0 Å². The number of nitrogens with zero attached hydrogens (tertiary/aromatic N) is 1. The number of rotatable bonds is 7. The summed E-state index contributed by atoms with van der Waals surface area (Å²) in [6.45, 7) is 4.35. The lowest BCUT2D eigenvalue weighted by Crippen LogP contribution is -2.30. The summed E-state index contributed by atoms with van der Waals surface area (Å²) >= 11 is 6.16. The quantitative estimate of drug-likeness (QED) is 0.436. The highest BCUT2D eigenvalue weighted by atomic mass is 35.5. The Morgan fingerprint density at radius 3 is 2.28 bits per heavy atom. The highest BCUT2D eigenvalue weighted by Gasteiger charge is 2.30. The fraction of sp³-hybridized carbons (Fsp3) is 0.296. The minimum atomic E-state index is -0.195. The molecule has 3 aromatic rings. The van der Waals surface area contributed by atoms with E-state index < -0.39 is 0 Å². The highest BCUT2D eigenvalue weighted by Crippen LogP contribution is 2.38. The van der Waals surface area contributed by atoms with E-state index in [2.05, 4.69) is 55.6 Å². The Balaban J connectivity index is 1.75. The third kappa shape index (κ3) is 4.91. The van der Waals surface area contributed by atoms with E-state index in [0.717, 1.165) is 51.9 Å². The van der Waals surface area contributed by atoms with E-state index in [1.165, 1.54) is 5.56 Å². The Labute approximate surface area is 195 Å². The van der Waals surface area contributed by atoms with Gasteiger partial charge in [-0.1, -0.05) is 41.9 Å². The van der Waals surface area contributed by atoms with Crippen LogP contribution in [0.25, 0.3) is 0 Å². The minimum absolute atomic E-state index is 0.0308. The van der Waals surface area contributed by atoms with Crippen molar-refractivity contribution < 1.29 is 9.47 Å². The van der Waals surface area contributed by atoms with Gasteiger partial charge in [0.2, 0.25) is 0 Å². The summed E-state index contributed by atoms with van der Waals surface area (Å²) in [7, 11) is 3.34. The molecule has 0 aliphatic carbocycles. The van der Waals surface area contributed by atoms with Crippen LogP contribution in [0.1, 0.15) is 43.0 Å². The normalized spacial score (nSPS) is 15.3. The maximum Gasteiger partial charge on any atom is 0.161 e. The zero-order chi connectivity index (χ0) is 22.7. The van der Waals surface area contributed by atoms with Crippen LogP contribution in [-0.4, -0.2) is 25.5 Å². The number of methoxy groups -OCH3 is 2. The number of hydrogen-bond donors (Lipinski definition) is 1. The number of halogens is 1. The SMILES string of the molecule is COc1cc2c(cc1OC)C(CC(Nc1ccccc1)c1ccc(Cl)cc1)=NC(C)(C)C2. The van der Waals surface area contributed by atoms with Gasteiger partial charge in [0.1, 0.15) is 0 Å². The fourth-order valence-electron chi connectivity index (χ4n) is 4.30. The average Bonchev–Trinajstić information content (AvgIpc) is 2.78. The predicted octanol–water partition coefficient (Wildman–Crippen LogP) is 6.72. The van der Waals surface area contributed by atoms with Gasteiger partial charge in [-0.25, -0.2) is 0 Å². The number of hydrogen-bond acceptors (Lipinski definition) is 4. The Morgan fingerprint density at radius 1 is 0.969 bits per heavy atom. The van der Waals surface area contributed by atoms with Crippen molar-refractivity contribution in [3.63, 3.8) is 0 Å². The van der Waals surface area contributed by atoms with Crippen LogP contribution in [0.2, 0.25) is 5.02 Å². The van der Waals surface area contributed by atoms with Crippen molar-refractivity contribution in [2.45, 2.75) is 38.3 Å². The molecule has 166 valence electrons. The van der Waals surface area contributed by atoms with Crippen molar-refractivity contribution in [2.24, 2.45) is 4.99 Å². The van der Waals surface area contributed by atoms with Gasteiger partial charge in [-0.15, -0.1) is 0 Å². The van der Waals surface area contributed by atoms with Crippen molar-refractivity contribution >= 4 is 23.0 Å². The molecule has 5 heteroatoms. The van der Waals surface area contributed by atoms with Crippen molar-refractivity contribution in [3.05, 3.63) is 88.4 Å². The molecule has 0 fully saturated rings. The van der Waals surface area contributed by atoms with Crippen molar-refractivity contribution in [1.82, 2.24) is 0 Å². The van der Waals surface area contributed by atoms with E-state index in [9.17, 15) is 0 Å². The predicted molar refractivity (Wildman–Crippen MR) is 133 cm³/mol. The molecule has 0 bridgehead atoms. The van der Waals surface area contributed by atoms with Crippen LogP contribution >= 0.6 is 11.6 Å². The topological polar surface area (TPSA) is 42.9 Å². The van der Waals surface area contributed by atoms with Crippen LogP contribution in [-0.2, 0) is 6.42 Å². The molecule has 0 amide bonds. The molecule has 1 aliphatic rings. The molecule has 32 heavy (non-hydrogen) atoms. The van der Waals surface area contributed by atoms with Crippen molar-refractivity contribution in [2.75, 3.05) is 19.5 Å². The van der Waals surface area contributed by atoms with Gasteiger partial charge < -0.3 is 14.8 Å². The van der Waals surface area contributed by atoms with Gasteiger partial charge in [0, 0.05) is 28.4 Å². The van der Waals surface area contributed by atoms with Crippen LogP contribution in [0, 0.1) is 0 Å². The number of para-hydroxylation sites is 1. The van der Waals surface area contributed by atoms with Crippen LogP contribution in [0.3, 0.4) is 0 Å². The van der Waals surface area contributed by atoms with Gasteiger partial charge in [0.05, 0.1) is 25.8 Å². The largest absolute Gasteiger partial charge is 0.493 e. The number of fused-ring (bicyclic) bond motifs is 1. The third-order valence-electron chi connectivity index (χ3n) is 5.77. The zero-order valence-corrected chi connectivity index (χ0v) is 19.7. The third-order valence-corrected chi connectivity index (χ3v) is 6.02. The number of aliphatic imine (C=N–C) groups is 1. The molecule has 3 aromatic carbocycles. The number of benzene rings is 3. The van der Waals surface area contributed by atoms with E-state index >= 15 is 0 Å². The molecule has 0 saturated heterocycles. The molecule has 4 rings (SSSR count). The van der Waals surface area contributed by atoms with E-state index in [1.54, 1.807) is 14.2 Å². The molecule has 0 spiro atoms. The molecule has 0 radical (unpaired) electrons. The van der Waals surface area contributed by atoms with Crippen molar-refractivity contribution in [1.29, 1.82) is 0 Å². The maximum atomic E-state index is 6.16. The minimum Gasteiger partial charge on any atom is -0.493 e. The molecular weight excluding hydrogens is 420 g/mol. The standard InChI is InChI=1S/C27H29ClN2O2/c1-27(2)17-19-14-25(31-3)26(32-4)15-22(19)24(30-27)16-23(18-10-12-20(28)13-11-18)29-21-8-6-5-7-9-21/h5-15,23,29H,16-17H2,1-4H3. The van der Waals surface area contributed by atoms with E-state index in [1.807, 2.05) is 30.3 Å². The summed E-state index contributed by atoms with van der Waals surface area (Å²) in [5.41, 5.74) is 5.43. The summed E-state index contributed by atoms with van der Waals surface area (Å²) < 4.78 is 11.1. The fourth-order valence-corrected chi connectivity index (χ4v) is 4.42. The molecular formula is C27H29ClN2O2. The smallest absolute Gasteiger partial charge is 0.161 e. The van der Waals surface area contributed by atoms with Gasteiger partial charge in [0.15, 0.2) is 11.5 Å². The summed E-state index contributed by atoms with van der Waals surface area (Å²) in [6.07, 6.45) is 1.58. The molecule has 4 nitrogen and oxygen atoms in total. The molecule has 1 atom stereocenters.